The molecule has 5 heteroatoms. The average molecular weight is 258 g/mol. The summed E-state index contributed by atoms with van der Waals surface area (Å²) in [5.74, 6) is 0. The van der Waals surface area contributed by atoms with Crippen LogP contribution >= 0.6 is 11.3 Å². The fraction of sp³-hybridized carbons (Fsp3) is 0.750. The summed E-state index contributed by atoms with van der Waals surface area (Å²) in [6, 6.07) is 0. The molecule has 0 bridgehead atoms. The molecule has 98 valence electrons. The molecule has 0 spiro atoms. The third kappa shape index (κ3) is 5.12. The van der Waals surface area contributed by atoms with Gasteiger partial charge in [-0.2, -0.15) is 0 Å². The van der Waals surface area contributed by atoms with Gasteiger partial charge in [0.05, 0.1) is 18.9 Å². The van der Waals surface area contributed by atoms with Gasteiger partial charge in [-0.05, 0) is 13.0 Å². The number of aromatic nitrogens is 1. The maximum absolute atomic E-state index is 5.51. The number of hydrogen-bond donors (Lipinski definition) is 1. The Balaban J connectivity index is 2.59. The zero-order chi connectivity index (χ0) is 12.5. The topological polar surface area (TPSA) is 43.4 Å². The monoisotopic (exact) mass is 258 g/mol. The summed E-state index contributed by atoms with van der Waals surface area (Å²) >= 11 is 1.71. The van der Waals surface area contributed by atoms with Crippen molar-refractivity contribution >= 4 is 11.3 Å². The van der Waals surface area contributed by atoms with Gasteiger partial charge in [0.2, 0.25) is 0 Å². The molecule has 1 aromatic rings. The van der Waals surface area contributed by atoms with Gasteiger partial charge in [0.1, 0.15) is 5.01 Å². The number of hydrogen-bond acceptors (Lipinski definition) is 5. The summed E-state index contributed by atoms with van der Waals surface area (Å²) in [4.78, 5) is 5.81. The number of rotatable bonds is 9. The molecule has 0 atom stereocenters. The van der Waals surface area contributed by atoms with E-state index in [0.29, 0.717) is 13.2 Å². The lowest BCUT2D eigenvalue weighted by Gasteiger charge is -2.00. The van der Waals surface area contributed by atoms with E-state index in [1.807, 2.05) is 0 Å². The molecule has 1 N–H and O–H groups in total. The van der Waals surface area contributed by atoms with E-state index in [0.717, 1.165) is 36.8 Å². The van der Waals surface area contributed by atoms with Crippen LogP contribution in [0.4, 0.5) is 0 Å². The van der Waals surface area contributed by atoms with Crippen LogP contribution in [0.25, 0.3) is 0 Å². The van der Waals surface area contributed by atoms with E-state index in [-0.39, 0.29) is 0 Å². The van der Waals surface area contributed by atoms with Crippen LogP contribution in [0.2, 0.25) is 0 Å². The summed E-state index contributed by atoms with van der Waals surface area (Å²) in [7, 11) is 1.70. The number of ether oxygens (including phenoxy) is 2. The van der Waals surface area contributed by atoms with Gasteiger partial charge in [-0.3, -0.25) is 0 Å². The summed E-state index contributed by atoms with van der Waals surface area (Å²) in [6.45, 7) is 8.01. The van der Waals surface area contributed by atoms with Crippen molar-refractivity contribution in [3.05, 3.63) is 15.6 Å². The molecule has 0 radical (unpaired) electrons. The molecule has 0 aliphatic carbocycles. The van der Waals surface area contributed by atoms with Crippen molar-refractivity contribution < 1.29 is 9.47 Å². The Kier molecular flexibility index (Phi) is 7.35. The number of nitrogens with zero attached hydrogens (tertiary/aromatic N) is 1. The van der Waals surface area contributed by atoms with Gasteiger partial charge >= 0.3 is 0 Å². The lowest BCUT2D eigenvalue weighted by Crippen LogP contribution is -2.12. The van der Waals surface area contributed by atoms with E-state index in [9.17, 15) is 0 Å². The minimum absolute atomic E-state index is 0.574. The zero-order valence-electron chi connectivity index (χ0n) is 10.9. The largest absolute Gasteiger partial charge is 0.378 e. The molecule has 4 nitrogen and oxygen atoms in total. The number of thiazole rings is 1. The maximum Gasteiger partial charge on any atom is 0.119 e. The quantitative estimate of drug-likeness (QED) is 0.690. The first-order valence-corrected chi connectivity index (χ1v) is 6.88. The third-order valence-corrected chi connectivity index (χ3v) is 3.28. The van der Waals surface area contributed by atoms with Gasteiger partial charge in [0.15, 0.2) is 0 Å². The first-order chi connectivity index (χ1) is 8.31. The minimum Gasteiger partial charge on any atom is -0.378 e. The Labute approximate surface area is 107 Å². The Morgan fingerprint density at radius 2 is 2.12 bits per heavy atom. The molecule has 0 amide bonds. The van der Waals surface area contributed by atoms with Crippen molar-refractivity contribution in [2.75, 3.05) is 20.3 Å². The van der Waals surface area contributed by atoms with Crippen LogP contribution in [0, 0.1) is 0 Å². The predicted octanol–water partition coefficient (Wildman–Crippen LogP) is 2.33. The summed E-state index contributed by atoms with van der Waals surface area (Å²) in [6.07, 6.45) is 1.04. The van der Waals surface area contributed by atoms with Crippen LogP contribution in [0.3, 0.4) is 0 Å². The second-order valence-electron chi connectivity index (χ2n) is 3.74. The fourth-order valence-corrected chi connectivity index (χ4v) is 2.41. The Hall–Kier alpha value is -0.490. The number of methoxy groups -OCH3 is 1. The van der Waals surface area contributed by atoms with E-state index in [4.69, 9.17) is 9.47 Å². The van der Waals surface area contributed by atoms with Gasteiger partial charge < -0.3 is 14.8 Å². The fourth-order valence-electron chi connectivity index (χ4n) is 1.43. The van der Waals surface area contributed by atoms with Gasteiger partial charge in [0, 0.05) is 25.1 Å². The Bertz CT molecular complexity index is 315. The van der Waals surface area contributed by atoms with Crippen LogP contribution in [0.1, 0.15) is 35.8 Å². The van der Waals surface area contributed by atoms with Gasteiger partial charge in [-0.1, -0.05) is 13.8 Å². The van der Waals surface area contributed by atoms with Crippen molar-refractivity contribution in [1.29, 1.82) is 0 Å². The van der Waals surface area contributed by atoms with Crippen molar-refractivity contribution in [3.63, 3.8) is 0 Å². The van der Waals surface area contributed by atoms with E-state index in [2.05, 4.69) is 24.1 Å². The third-order valence-electron chi connectivity index (χ3n) is 2.21. The highest BCUT2D eigenvalue weighted by Gasteiger charge is 2.10. The summed E-state index contributed by atoms with van der Waals surface area (Å²) < 4.78 is 10.7. The van der Waals surface area contributed by atoms with Crippen molar-refractivity contribution in [1.82, 2.24) is 10.3 Å². The molecule has 1 rings (SSSR count). The van der Waals surface area contributed by atoms with Crippen LogP contribution in [-0.4, -0.2) is 25.2 Å². The molecule has 17 heavy (non-hydrogen) atoms. The van der Waals surface area contributed by atoms with E-state index < -0.39 is 0 Å². The molecular weight excluding hydrogens is 236 g/mol. The average Bonchev–Trinajstić information content (AvgIpc) is 2.70. The van der Waals surface area contributed by atoms with Gasteiger partial charge in [-0.25, -0.2) is 4.98 Å². The highest BCUT2D eigenvalue weighted by molar-refractivity contribution is 7.11. The molecule has 1 aromatic heterocycles. The Morgan fingerprint density at radius 3 is 2.76 bits per heavy atom. The maximum atomic E-state index is 5.51. The molecule has 0 unspecified atom stereocenters. The van der Waals surface area contributed by atoms with E-state index >= 15 is 0 Å². The van der Waals surface area contributed by atoms with E-state index in [1.54, 1.807) is 18.4 Å². The van der Waals surface area contributed by atoms with Crippen molar-refractivity contribution in [2.24, 2.45) is 0 Å². The van der Waals surface area contributed by atoms with Crippen molar-refractivity contribution in [2.45, 2.75) is 40.0 Å². The van der Waals surface area contributed by atoms with Crippen LogP contribution in [0.15, 0.2) is 0 Å². The highest BCUT2D eigenvalue weighted by atomic mass is 32.1. The Morgan fingerprint density at radius 1 is 1.29 bits per heavy atom. The normalized spacial score (nSPS) is 11.0. The predicted molar refractivity (Wildman–Crippen MR) is 70.2 cm³/mol. The minimum atomic E-state index is 0.574. The molecular formula is C12H22N2O2S. The lowest BCUT2D eigenvalue weighted by molar-refractivity contribution is 0.120. The molecule has 0 fully saturated rings. The van der Waals surface area contributed by atoms with Crippen LogP contribution in [0.5, 0.6) is 0 Å². The van der Waals surface area contributed by atoms with Gasteiger partial charge in [0.25, 0.3) is 0 Å². The molecule has 0 aromatic carbocycles. The standard InChI is InChI=1S/C12H22N2O2S/c1-4-6-16-9-12-14-10(8-15-3)11(17-12)7-13-5-2/h13H,4-9H2,1-3H3. The first kappa shape index (κ1) is 14.6. The zero-order valence-corrected chi connectivity index (χ0v) is 11.7. The van der Waals surface area contributed by atoms with E-state index in [1.165, 1.54) is 4.88 Å². The first-order valence-electron chi connectivity index (χ1n) is 6.06. The number of nitrogens with one attached hydrogen (secondary N) is 1. The molecule has 0 saturated heterocycles. The van der Waals surface area contributed by atoms with Crippen LogP contribution < -0.4 is 5.32 Å². The molecule has 0 saturated carbocycles. The van der Waals surface area contributed by atoms with Crippen LogP contribution in [-0.2, 0) is 29.2 Å². The molecule has 1 heterocycles. The second-order valence-corrected chi connectivity index (χ2v) is 4.91. The molecule has 0 aliphatic rings. The summed E-state index contributed by atoms with van der Waals surface area (Å²) in [5.41, 5.74) is 1.04. The molecule has 0 aliphatic heterocycles. The van der Waals surface area contributed by atoms with Crippen molar-refractivity contribution in [3.8, 4) is 0 Å². The van der Waals surface area contributed by atoms with Gasteiger partial charge in [-0.15, -0.1) is 11.3 Å². The highest BCUT2D eigenvalue weighted by Crippen LogP contribution is 2.20. The second kappa shape index (κ2) is 8.58. The summed E-state index contributed by atoms with van der Waals surface area (Å²) in [5, 5.41) is 4.36. The SMILES string of the molecule is CCCOCc1nc(COC)c(CNCC)s1. The lowest BCUT2D eigenvalue weighted by atomic mass is 10.3. The smallest absolute Gasteiger partial charge is 0.119 e.